The molecule has 0 aromatic heterocycles. The Kier molecular flexibility index (Phi) is 11.4. The zero-order valence-electron chi connectivity index (χ0n) is 13.7. The highest BCUT2D eigenvalue weighted by Crippen LogP contribution is 2.31. The molecular weight excluding hydrogens is 246 g/mol. The summed E-state index contributed by atoms with van der Waals surface area (Å²) in [5.74, 6) is 0. The van der Waals surface area contributed by atoms with Crippen molar-refractivity contribution in [2.45, 2.75) is 109 Å². The Balaban J connectivity index is 1.75. The lowest BCUT2D eigenvalue weighted by atomic mass is 10.0. The van der Waals surface area contributed by atoms with E-state index in [0.717, 1.165) is 6.54 Å². The topological polar surface area (TPSA) is 38.5 Å². The molecule has 120 valence electrons. The maximum Gasteiger partial charge on any atom is 0.0841 e. The minimum atomic E-state index is 0.620. The first-order valence-corrected chi connectivity index (χ1v) is 9.24. The zero-order chi connectivity index (χ0) is 14.5. The molecule has 0 saturated carbocycles. The first kappa shape index (κ1) is 18.0. The van der Waals surface area contributed by atoms with Crippen molar-refractivity contribution >= 4 is 0 Å². The molecule has 2 N–H and O–H groups in total. The summed E-state index contributed by atoms with van der Waals surface area (Å²) in [6.07, 6.45) is 20.3. The molecule has 1 saturated heterocycles. The van der Waals surface area contributed by atoms with Crippen LogP contribution in [0.25, 0.3) is 0 Å². The van der Waals surface area contributed by atoms with Crippen molar-refractivity contribution in [3.8, 4) is 0 Å². The number of epoxide rings is 1. The molecule has 2 unspecified atom stereocenters. The third kappa shape index (κ3) is 9.77. The highest BCUT2D eigenvalue weighted by Gasteiger charge is 2.36. The van der Waals surface area contributed by atoms with Crippen LogP contribution < -0.4 is 5.73 Å². The van der Waals surface area contributed by atoms with Crippen LogP contribution in [0.1, 0.15) is 96.8 Å². The van der Waals surface area contributed by atoms with Gasteiger partial charge in [0.15, 0.2) is 0 Å². The molecule has 0 spiro atoms. The Labute approximate surface area is 126 Å². The molecule has 1 aliphatic rings. The van der Waals surface area contributed by atoms with Gasteiger partial charge in [-0.3, -0.25) is 0 Å². The van der Waals surface area contributed by atoms with Crippen molar-refractivity contribution in [3.05, 3.63) is 0 Å². The first-order valence-electron chi connectivity index (χ1n) is 9.24. The number of ether oxygens (including phenoxy) is 1. The third-order valence-corrected chi connectivity index (χ3v) is 4.47. The molecule has 0 aromatic rings. The van der Waals surface area contributed by atoms with E-state index in [1.165, 1.54) is 89.9 Å². The smallest absolute Gasteiger partial charge is 0.0841 e. The number of rotatable bonds is 15. The van der Waals surface area contributed by atoms with Crippen LogP contribution in [0.2, 0.25) is 0 Å². The van der Waals surface area contributed by atoms with Gasteiger partial charge in [-0.1, -0.05) is 77.6 Å². The van der Waals surface area contributed by atoms with Crippen molar-refractivity contribution in [3.63, 3.8) is 0 Å². The molecule has 2 nitrogen and oxygen atoms in total. The fourth-order valence-corrected chi connectivity index (χ4v) is 3.01. The van der Waals surface area contributed by atoms with Crippen molar-refractivity contribution < 1.29 is 4.74 Å². The molecule has 0 amide bonds. The van der Waals surface area contributed by atoms with E-state index < -0.39 is 0 Å². The standard InChI is InChI=1S/C18H37NO/c1-2-3-4-5-8-11-14-17-18(20-17)15-12-9-6-7-10-13-16-19/h17-18H,2-16,19H2,1H3. The van der Waals surface area contributed by atoms with Gasteiger partial charge in [0, 0.05) is 0 Å². The van der Waals surface area contributed by atoms with Crippen molar-refractivity contribution in [1.29, 1.82) is 0 Å². The minimum absolute atomic E-state index is 0.620. The van der Waals surface area contributed by atoms with Gasteiger partial charge in [-0.2, -0.15) is 0 Å². The Morgan fingerprint density at radius 1 is 0.650 bits per heavy atom. The highest BCUT2D eigenvalue weighted by atomic mass is 16.6. The van der Waals surface area contributed by atoms with Crippen LogP contribution in [0, 0.1) is 0 Å². The van der Waals surface area contributed by atoms with E-state index in [1.54, 1.807) is 0 Å². The summed E-state index contributed by atoms with van der Waals surface area (Å²) in [6, 6.07) is 0. The number of nitrogens with two attached hydrogens (primary N) is 1. The van der Waals surface area contributed by atoms with Crippen molar-refractivity contribution in [1.82, 2.24) is 0 Å². The Hall–Kier alpha value is -0.0800. The van der Waals surface area contributed by atoms with E-state index in [9.17, 15) is 0 Å². The summed E-state index contributed by atoms with van der Waals surface area (Å²) in [7, 11) is 0. The first-order chi connectivity index (χ1) is 9.88. The lowest BCUT2D eigenvalue weighted by Crippen LogP contribution is -1.97. The van der Waals surface area contributed by atoms with Crippen molar-refractivity contribution in [2.24, 2.45) is 5.73 Å². The lowest BCUT2D eigenvalue weighted by molar-refractivity contribution is 0.347. The quantitative estimate of drug-likeness (QED) is 0.331. The van der Waals surface area contributed by atoms with E-state index >= 15 is 0 Å². The fraction of sp³-hybridized carbons (Fsp3) is 1.00. The SMILES string of the molecule is CCCCCCCCC1OC1CCCCCCCCN. The van der Waals surface area contributed by atoms with Crippen LogP contribution in [-0.4, -0.2) is 18.8 Å². The summed E-state index contributed by atoms with van der Waals surface area (Å²) in [6.45, 7) is 3.14. The molecule has 2 heteroatoms. The Morgan fingerprint density at radius 2 is 1.10 bits per heavy atom. The van der Waals surface area contributed by atoms with Crippen LogP contribution in [0.15, 0.2) is 0 Å². The summed E-state index contributed by atoms with van der Waals surface area (Å²) < 4.78 is 5.77. The van der Waals surface area contributed by atoms with Crippen LogP contribution in [0.5, 0.6) is 0 Å². The molecule has 1 heterocycles. The summed E-state index contributed by atoms with van der Waals surface area (Å²) in [4.78, 5) is 0. The largest absolute Gasteiger partial charge is 0.370 e. The van der Waals surface area contributed by atoms with E-state index in [2.05, 4.69) is 6.92 Å². The second kappa shape index (κ2) is 12.6. The summed E-state index contributed by atoms with van der Waals surface area (Å²) in [5.41, 5.74) is 5.49. The van der Waals surface area contributed by atoms with Gasteiger partial charge in [-0.25, -0.2) is 0 Å². The fourth-order valence-electron chi connectivity index (χ4n) is 3.01. The monoisotopic (exact) mass is 283 g/mol. The van der Waals surface area contributed by atoms with Gasteiger partial charge < -0.3 is 10.5 Å². The average molecular weight is 283 g/mol. The summed E-state index contributed by atoms with van der Waals surface area (Å²) >= 11 is 0. The number of hydrogen-bond donors (Lipinski definition) is 1. The molecule has 0 aliphatic carbocycles. The van der Waals surface area contributed by atoms with Crippen LogP contribution in [0.4, 0.5) is 0 Å². The van der Waals surface area contributed by atoms with Gasteiger partial charge in [0.2, 0.25) is 0 Å². The lowest BCUT2D eigenvalue weighted by Gasteiger charge is -2.00. The molecule has 1 rings (SSSR count). The van der Waals surface area contributed by atoms with E-state index in [0.29, 0.717) is 12.2 Å². The third-order valence-electron chi connectivity index (χ3n) is 4.47. The highest BCUT2D eigenvalue weighted by molar-refractivity contribution is 4.84. The van der Waals surface area contributed by atoms with Gasteiger partial charge in [-0.15, -0.1) is 0 Å². The van der Waals surface area contributed by atoms with Crippen molar-refractivity contribution in [2.75, 3.05) is 6.54 Å². The Bertz CT molecular complexity index is 208. The van der Waals surface area contributed by atoms with E-state index in [-0.39, 0.29) is 0 Å². The summed E-state index contributed by atoms with van der Waals surface area (Å²) in [5, 5.41) is 0. The predicted molar refractivity (Wildman–Crippen MR) is 88.0 cm³/mol. The van der Waals surface area contributed by atoms with Gasteiger partial charge in [0.25, 0.3) is 0 Å². The molecule has 1 fully saturated rings. The number of hydrogen-bond acceptors (Lipinski definition) is 2. The molecule has 20 heavy (non-hydrogen) atoms. The van der Waals surface area contributed by atoms with Gasteiger partial charge >= 0.3 is 0 Å². The molecule has 0 aromatic carbocycles. The molecule has 0 bridgehead atoms. The van der Waals surface area contributed by atoms with E-state index in [4.69, 9.17) is 10.5 Å². The van der Waals surface area contributed by atoms with Crippen LogP contribution in [-0.2, 0) is 4.74 Å². The van der Waals surface area contributed by atoms with E-state index in [1.807, 2.05) is 0 Å². The normalized spacial score (nSPS) is 21.3. The predicted octanol–water partition coefficient (Wildman–Crippen LogP) is 5.19. The number of unbranched alkanes of at least 4 members (excludes halogenated alkanes) is 10. The van der Waals surface area contributed by atoms with Gasteiger partial charge in [-0.05, 0) is 25.8 Å². The molecule has 1 aliphatic heterocycles. The molecular formula is C18H37NO. The van der Waals surface area contributed by atoms with Crippen LogP contribution >= 0.6 is 0 Å². The maximum atomic E-state index is 5.77. The van der Waals surface area contributed by atoms with Crippen LogP contribution in [0.3, 0.4) is 0 Å². The van der Waals surface area contributed by atoms with Gasteiger partial charge in [0.1, 0.15) is 0 Å². The maximum absolute atomic E-state index is 5.77. The second-order valence-electron chi connectivity index (χ2n) is 6.47. The van der Waals surface area contributed by atoms with Gasteiger partial charge in [0.05, 0.1) is 12.2 Å². The minimum Gasteiger partial charge on any atom is -0.370 e. The second-order valence-corrected chi connectivity index (χ2v) is 6.47. The molecule has 0 radical (unpaired) electrons. The zero-order valence-corrected chi connectivity index (χ0v) is 13.7. The average Bonchev–Trinajstić information content (AvgIpc) is 3.20. The molecule has 2 atom stereocenters. The Morgan fingerprint density at radius 3 is 1.60 bits per heavy atom.